The SMILES string of the molecule is CCCNCc1cc(F)c(N2CCC(C)C(O)C2)c(F)c1. The number of β-amino-alcohol motifs (C(OH)–C–C–N with tert-alkyl or cyclic N) is 1. The van der Waals surface area contributed by atoms with Crippen LogP contribution in [0, 0.1) is 17.6 Å². The van der Waals surface area contributed by atoms with Crippen LogP contribution in [0.15, 0.2) is 12.1 Å². The zero-order valence-corrected chi connectivity index (χ0v) is 12.7. The zero-order chi connectivity index (χ0) is 15.4. The Balaban J connectivity index is 2.13. The van der Waals surface area contributed by atoms with Gasteiger partial charge in [0.15, 0.2) is 0 Å². The van der Waals surface area contributed by atoms with Gasteiger partial charge in [-0.2, -0.15) is 0 Å². The average molecular weight is 298 g/mol. The number of rotatable bonds is 5. The first-order valence-electron chi connectivity index (χ1n) is 7.64. The Bertz CT molecular complexity index is 458. The highest BCUT2D eigenvalue weighted by Gasteiger charge is 2.27. The molecule has 0 radical (unpaired) electrons. The number of nitrogens with zero attached hydrogens (tertiary/aromatic N) is 1. The van der Waals surface area contributed by atoms with Gasteiger partial charge in [-0.15, -0.1) is 0 Å². The Morgan fingerprint density at radius 1 is 1.33 bits per heavy atom. The fourth-order valence-corrected chi connectivity index (χ4v) is 2.68. The Kier molecular flexibility index (Phi) is 5.53. The van der Waals surface area contributed by atoms with E-state index in [2.05, 4.69) is 5.32 Å². The molecule has 1 saturated heterocycles. The maximum atomic E-state index is 14.2. The molecule has 2 unspecified atom stereocenters. The maximum absolute atomic E-state index is 14.2. The van der Waals surface area contributed by atoms with Crippen molar-refractivity contribution in [3.63, 3.8) is 0 Å². The predicted octanol–water partition coefficient (Wildman–Crippen LogP) is 2.67. The van der Waals surface area contributed by atoms with Gasteiger partial charge in [-0.25, -0.2) is 8.78 Å². The first-order chi connectivity index (χ1) is 10.0. The highest BCUT2D eigenvalue weighted by Crippen LogP contribution is 2.29. The van der Waals surface area contributed by atoms with Gasteiger partial charge in [0, 0.05) is 19.6 Å². The molecule has 5 heteroatoms. The van der Waals surface area contributed by atoms with Crippen LogP contribution in [0.2, 0.25) is 0 Å². The van der Waals surface area contributed by atoms with E-state index in [1.54, 1.807) is 4.90 Å². The molecule has 2 N–H and O–H groups in total. The van der Waals surface area contributed by atoms with Gasteiger partial charge in [0.1, 0.15) is 17.3 Å². The second kappa shape index (κ2) is 7.18. The lowest BCUT2D eigenvalue weighted by Crippen LogP contribution is -2.43. The van der Waals surface area contributed by atoms with E-state index >= 15 is 0 Å². The molecular weight excluding hydrogens is 274 g/mol. The summed E-state index contributed by atoms with van der Waals surface area (Å²) in [5.74, 6) is -0.931. The van der Waals surface area contributed by atoms with E-state index in [1.165, 1.54) is 12.1 Å². The Morgan fingerprint density at radius 3 is 2.57 bits per heavy atom. The highest BCUT2D eigenvalue weighted by atomic mass is 19.1. The number of nitrogens with one attached hydrogen (secondary N) is 1. The highest BCUT2D eigenvalue weighted by molar-refractivity contribution is 5.51. The lowest BCUT2D eigenvalue weighted by Gasteiger charge is -2.36. The van der Waals surface area contributed by atoms with Gasteiger partial charge in [-0.05, 0) is 43.0 Å². The topological polar surface area (TPSA) is 35.5 Å². The summed E-state index contributed by atoms with van der Waals surface area (Å²) in [4.78, 5) is 1.61. The molecule has 0 saturated carbocycles. The van der Waals surface area contributed by atoms with Crippen LogP contribution in [-0.2, 0) is 6.54 Å². The van der Waals surface area contributed by atoms with Crippen LogP contribution in [0.4, 0.5) is 14.5 Å². The fraction of sp³-hybridized carbons (Fsp3) is 0.625. The summed E-state index contributed by atoms with van der Waals surface area (Å²) in [6, 6.07) is 2.76. The van der Waals surface area contributed by atoms with Crippen molar-refractivity contribution in [1.29, 1.82) is 0 Å². The van der Waals surface area contributed by atoms with Crippen LogP contribution in [0.3, 0.4) is 0 Å². The van der Waals surface area contributed by atoms with Crippen LogP contribution >= 0.6 is 0 Å². The fourth-order valence-electron chi connectivity index (χ4n) is 2.68. The largest absolute Gasteiger partial charge is 0.391 e. The van der Waals surface area contributed by atoms with Crippen LogP contribution in [0.1, 0.15) is 32.3 Å². The van der Waals surface area contributed by atoms with Gasteiger partial charge in [-0.3, -0.25) is 0 Å². The molecule has 1 aromatic rings. The Hall–Kier alpha value is -1.20. The number of piperidine rings is 1. The van der Waals surface area contributed by atoms with Gasteiger partial charge in [0.05, 0.1) is 6.10 Å². The number of anilines is 1. The van der Waals surface area contributed by atoms with E-state index in [4.69, 9.17) is 0 Å². The van der Waals surface area contributed by atoms with Crippen molar-refractivity contribution < 1.29 is 13.9 Å². The lowest BCUT2D eigenvalue weighted by atomic mass is 9.95. The van der Waals surface area contributed by atoms with Gasteiger partial charge in [0.2, 0.25) is 0 Å². The Morgan fingerprint density at radius 2 is 2.00 bits per heavy atom. The quantitative estimate of drug-likeness (QED) is 0.820. The van der Waals surface area contributed by atoms with Gasteiger partial charge in [-0.1, -0.05) is 13.8 Å². The molecule has 0 amide bonds. The lowest BCUT2D eigenvalue weighted by molar-refractivity contribution is 0.102. The summed E-state index contributed by atoms with van der Waals surface area (Å²) in [7, 11) is 0. The van der Waals surface area contributed by atoms with E-state index in [0.717, 1.165) is 19.4 Å². The summed E-state index contributed by atoms with van der Waals surface area (Å²) in [6.07, 6.45) is 1.18. The van der Waals surface area contributed by atoms with E-state index in [-0.39, 0.29) is 18.2 Å². The predicted molar refractivity (Wildman–Crippen MR) is 80.4 cm³/mol. The molecular formula is C16H24F2N2O. The van der Waals surface area contributed by atoms with Crippen molar-refractivity contribution in [1.82, 2.24) is 5.32 Å². The van der Waals surface area contributed by atoms with Gasteiger partial charge >= 0.3 is 0 Å². The molecule has 0 aliphatic carbocycles. The standard InChI is InChI=1S/C16H24F2N2O/c1-3-5-19-9-12-7-13(17)16(14(18)8-12)20-6-4-11(2)15(21)10-20/h7-8,11,15,19,21H,3-6,9-10H2,1-2H3. The van der Waals surface area contributed by atoms with Crippen LogP contribution in [-0.4, -0.2) is 30.8 Å². The first kappa shape index (κ1) is 16.2. The molecule has 1 aliphatic heterocycles. The number of hydrogen-bond donors (Lipinski definition) is 2. The maximum Gasteiger partial charge on any atom is 0.149 e. The monoisotopic (exact) mass is 298 g/mol. The van der Waals surface area contributed by atoms with Crippen molar-refractivity contribution in [3.8, 4) is 0 Å². The van der Waals surface area contributed by atoms with Crippen LogP contribution in [0.5, 0.6) is 0 Å². The number of aliphatic hydroxyl groups excluding tert-OH is 1. The molecule has 0 spiro atoms. The van der Waals surface area contributed by atoms with Crippen molar-refractivity contribution in [2.24, 2.45) is 5.92 Å². The Labute approximate surface area is 125 Å². The molecule has 0 aromatic heterocycles. The molecule has 1 aromatic carbocycles. The second-order valence-electron chi connectivity index (χ2n) is 5.86. The number of benzene rings is 1. The summed E-state index contributed by atoms with van der Waals surface area (Å²) >= 11 is 0. The number of aliphatic hydroxyl groups is 1. The van der Waals surface area contributed by atoms with Crippen LogP contribution in [0.25, 0.3) is 0 Å². The molecule has 21 heavy (non-hydrogen) atoms. The smallest absolute Gasteiger partial charge is 0.149 e. The molecule has 0 bridgehead atoms. The second-order valence-corrected chi connectivity index (χ2v) is 5.86. The minimum atomic E-state index is -0.551. The molecule has 118 valence electrons. The summed E-state index contributed by atoms with van der Waals surface area (Å²) in [6.45, 7) is 6.13. The van der Waals surface area contributed by atoms with Crippen molar-refractivity contribution in [2.45, 2.75) is 39.3 Å². The third-order valence-electron chi connectivity index (χ3n) is 4.07. The molecule has 2 rings (SSSR count). The van der Waals surface area contributed by atoms with Gasteiger partial charge < -0.3 is 15.3 Å². The normalized spacial score (nSPS) is 22.6. The van der Waals surface area contributed by atoms with Crippen LogP contribution < -0.4 is 10.2 Å². The van der Waals surface area contributed by atoms with E-state index < -0.39 is 17.7 Å². The number of hydrogen-bond acceptors (Lipinski definition) is 3. The molecule has 1 aliphatic rings. The minimum absolute atomic E-state index is 0.0137. The van der Waals surface area contributed by atoms with E-state index in [9.17, 15) is 13.9 Å². The van der Waals surface area contributed by atoms with Crippen molar-refractivity contribution >= 4 is 5.69 Å². The van der Waals surface area contributed by atoms with Gasteiger partial charge in [0.25, 0.3) is 0 Å². The zero-order valence-electron chi connectivity index (χ0n) is 12.7. The van der Waals surface area contributed by atoms with E-state index in [1.807, 2.05) is 13.8 Å². The third-order valence-corrected chi connectivity index (χ3v) is 4.07. The average Bonchev–Trinajstić information content (AvgIpc) is 2.42. The number of halogens is 2. The molecule has 1 heterocycles. The van der Waals surface area contributed by atoms with Crippen molar-refractivity contribution in [2.75, 3.05) is 24.5 Å². The summed E-state index contributed by atoms with van der Waals surface area (Å²) < 4.78 is 28.5. The third kappa shape index (κ3) is 3.92. The molecule has 3 nitrogen and oxygen atoms in total. The summed E-state index contributed by atoms with van der Waals surface area (Å²) in [5.41, 5.74) is 0.591. The molecule has 1 fully saturated rings. The minimum Gasteiger partial charge on any atom is -0.391 e. The molecule has 2 atom stereocenters. The van der Waals surface area contributed by atoms with E-state index in [0.29, 0.717) is 18.7 Å². The summed E-state index contributed by atoms with van der Waals surface area (Å²) in [5, 5.41) is 13.0. The van der Waals surface area contributed by atoms with Crippen molar-refractivity contribution in [3.05, 3.63) is 29.3 Å². The first-order valence-corrected chi connectivity index (χ1v) is 7.64.